The monoisotopic (exact) mass is 585 g/mol. The average Bonchev–Trinajstić information content (AvgIpc) is 2.64. The van der Waals surface area contributed by atoms with Crippen molar-refractivity contribution in [2.75, 3.05) is 11.4 Å². The minimum Gasteiger partial charge on any atom is -0.404 e. The summed E-state index contributed by atoms with van der Waals surface area (Å²) in [7, 11) is 0. The molecule has 174 valence electrons. The maximum atomic E-state index is 14.5. The number of anilines is 2. The van der Waals surface area contributed by atoms with Gasteiger partial charge in [-0.2, -0.15) is 26.3 Å². The number of nitrogens with zero attached hydrogens (tertiary/aromatic N) is 1. The second-order valence-electron chi connectivity index (χ2n) is 6.58. The van der Waals surface area contributed by atoms with Crippen LogP contribution in [-0.4, -0.2) is 25.3 Å². The van der Waals surface area contributed by atoms with Crippen molar-refractivity contribution in [2.24, 2.45) is 0 Å². The van der Waals surface area contributed by atoms with Crippen molar-refractivity contribution in [3.8, 4) is 5.75 Å². The Morgan fingerprint density at radius 2 is 1.44 bits per heavy atom. The molecule has 13 heteroatoms. The minimum atomic E-state index is -6.49. The van der Waals surface area contributed by atoms with Gasteiger partial charge in [0.25, 0.3) is 0 Å². The molecule has 32 heavy (non-hydrogen) atoms. The maximum absolute atomic E-state index is 14.5. The summed E-state index contributed by atoms with van der Waals surface area (Å²) in [5, 5.41) is 0. The summed E-state index contributed by atoms with van der Waals surface area (Å²) in [5.41, 5.74) is -7.60. The van der Waals surface area contributed by atoms with Gasteiger partial charge in [-0.1, -0.05) is 30.4 Å². The Bertz CT molecular complexity index is 1030. The van der Waals surface area contributed by atoms with Gasteiger partial charge in [0.05, 0.1) is 5.69 Å². The van der Waals surface area contributed by atoms with Crippen LogP contribution in [0.15, 0.2) is 42.5 Å². The molecule has 0 bridgehead atoms. The average molecular weight is 585 g/mol. The number of hydrogen-bond acceptors (Lipinski definition) is 2. The molecule has 2 aromatic carbocycles. The lowest BCUT2D eigenvalue weighted by Crippen LogP contribution is -2.50. The summed E-state index contributed by atoms with van der Waals surface area (Å²) < 4.78 is 136. The van der Waals surface area contributed by atoms with E-state index in [2.05, 4.69) is 4.74 Å². The molecule has 0 saturated heterocycles. The van der Waals surface area contributed by atoms with Gasteiger partial charge in [0.2, 0.25) is 0 Å². The quantitative estimate of drug-likeness (QED) is 0.271. The van der Waals surface area contributed by atoms with Crippen LogP contribution in [0.4, 0.5) is 55.3 Å². The zero-order valence-corrected chi connectivity index (χ0v) is 17.5. The molecule has 0 N–H and O–H groups in total. The van der Waals surface area contributed by atoms with Gasteiger partial charge >= 0.3 is 24.4 Å². The number of alkyl halides is 10. The molecule has 0 radical (unpaired) electrons. The highest BCUT2D eigenvalue weighted by atomic mass is 127. The minimum absolute atomic E-state index is 0.0696. The van der Waals surface area contributed by atoms with E-state index < -0.39 is 45.0 Å². The highest BCUT2D eigenvalue weighted by Crippen LogP contribution is 2.55. The molecule has 0 unspecified atom stereocenters. The van der Waals surface area contributed by atoms with Crippen LogP contribution < -0.4 is 9.64 Å². The molecule has 0 aromatic heterocycles. The van der Waals surface area contributed by atoms with Crippen LogP contribution in [0.3, 0.4) is 0 Å². The van der Waals surface area contributed by atoms with Gasteiger partial charge in [-0.25, -0.2) is 4.39 Å². The molecule has 1 heterocycles. The molecule has 2 aromatic rings. The molecule has 2 nitrogen and oxygen atoms in total. The largest absolute Gasteiger partial charge is 0.573 e. The lowest BCUT2D eigenvalue weighted by atomic mass is 9.93. The summed E-state index contributed by atoms with van der Waals surface area (Å²) in [6.07, 6.45) is -15.3. The van der Waals surface area contributed by atoms with Gasteiger partial charge in [-0.15, -0.1) is 13.2 Å². The number of halogens is 11. The Balaban J connectivity index is 2.29. The summed E-state index contributed by atoms with van der Waals surface area (Å²) >= 11 is 1.25. The van der Waals surface area contributed by atoms with Gasteiger partial charge in [-0.3, -0.25) is 0 Å². The highest BCUT2D eigenvalue weighted by molar-refractivity contribution is 14.1. The smallest absolute Gasteiger partial charge is 0.404 e. The fourth-order valence-electron chi connectivity index (χ4n) is 3.19. The topological polar surface area (TPSA) is 12.5 Å². The Morgan fingerprint density at radius 3 is 2.00 bits per heavy atom. The number of ether oxygens (including phenoxy) is 1. The third-order valence-electron chi connectivity index (χ3n) is 4.52. The van der Waals surface area contributed by atoms with Crippen LogP contribution in [-0.2, 0) is 5.67 Å². The molecule has 0 aliphatic carbocycles. The number of fused-ring (bicyclic) bond motifs is 1. The Kier molecular flexibility index (Phi) is 6.10. The lowest BCUT2D eigenvalue weighted by Gasteiger charge is -2.34. The standard InChI is InChI=1S/C19H10F10INO/c20-16(17(21,22)23,18(24,25)26)11-8-12(30)15(14(9-11)32-19(27,28)29)31-7-3-5-10-4-1-2-6-13(10)31/h1-6,8-9H,7H2. The van der Waals surface area contributed by atoms with Crippen molar-refractivity contribution < 1.29 is 48.6 Å². The summed E-state index contributed by atoms with van der Waals surface area (Å²) in [6.45, 7) is -0.0696. The maximum Gasteiger partial charge on any atom is 0.573 e. The Labute approximate surface area is 187 Å². The van der Waals surface area contributed by atoms with E-state index in [1.54, 1.807) is 18.2 Å². The fourth-order valence-corrected chi connectivity index (χ4v) is 4.09. The van der Waals surface area contributed by atoms with E-state index in [0.29, 0.717) is 11.3 Å². The van der Waals surface area contributed by atoms with E-state index in [1.807, 2.05) is 0 Å². The molecule has 0 saturated carbocycles. The van der Waals surface area contributed by atoms with Crippen LogP contribution in [0.25, 0.3) is 6.08 Å². The number of benzene rings is 2. The molecule has 0 atom stereocenters. The van der Waals surface area contributed by atoms with E-state index in [0.717, 1.165) is 0 Å². The van der Waals surface area contributed by atoms with E-state index in [-0.39, 0.29) is 18.7 Å². The van der Waals surface area contributed by atoms with Crippen molar-refractivity contribution in [1.82, 2.24) is 0 Å². The predicted octanol–water partition coefficient (Wildman–Crippen LogP) is 7.64. The van der Waals surface area contributed by atoms with E-state index in [1.165, 1.54) is 45.7 Å². The first-order valence-electron chi connectivity index (χ1n) is 8.51. The highest BCUT2D eigenvalue weighted by Gasteiger charge is 2.73. The summed E-state index contributed by atoms with van der Waals surface area (Å²) in [6, 6.07) is 6.25. The van der Waals surface area contributed by atoms with Crippen molar-refractivity contribution >= 4 is 40.0 Å². The summed E-state index contributed by atoms with van der Waals surface area (Å²) in [5.74, 6) is -1.40. The third kappa shape index (κ3) is 4.35. The van der Waals surface area contributed by atoms with Gasteiger partial charge in [0.15, 0.2) is 5.75 Å². The van der Waals surface area contributed by atoms with Crippen LogP contribution in [0.1, 0.15) is 11.1 Å². The van der Waals surface area contributed by atoms with Crippen molar-refractivity contribution in [2.45, 2.75) is 24.4 Å². The first-order valence-corrected chi connectivity index (χ1v) is 9.59. The van der Waals surface area contributed by atoms with Gasteiger partial charge in [-0.05, 0) is 46.4 Å². The first kappa shape index (κ1) is 24.5. The number of rotatable bonds is 3. The van der Waals surface area contributed by atoms with E-state index in [9.17, 15) is 43.9 Å². The SMILES string of the molecule is FC(F)(F)Oc1cc(C(F)(C(F)(F)F)C(F)(F)F)cc(I)c1N1CC=Cc2ccccc21. The Hall–Kier alpha value is -2.19. The molecule has 1 aliphatic rings. The van der Waals surface area contributed by atoms with Gasteiger partial charge < -0.3 is 9.64 Å². The van der Waals surface area contributed by atoms with Crippen LogP contribution in [0.5, 0.6) is 5.75 Å². The normalized spacial score (nSPS) is 15.0. The van der Waals surface area contributed by atoms with Crippen molar-refractivity contribution in [3.63, 3.8) is 0 Å². The molecular weight excluding hydrogens is 575 g/mol. The van der Waals surface area contributed by atoms with Crippen LogP contribution in [0.2, 0.25) is 0 Å². The molecule has 0 spiro atoms. The zero-order chi connectivity index (χ0) is 24.1. The van der Waals surface area contributed by atoms with Gasteiger partial charge in [0.1, 0.15) is 0 Å². The number of para-hydroxylation sites is 1. The van der Waals surface area contributed by atoms with Crippen LogP contribution in [0, 0.1) is 3.57 Å². The van der Waals surface area contributed by atoms with Gasteiger partial charge in [0, 0.05) is 21.4 Å². The second-order valence-corrected chi connectivity index (χ2v) is 7.74. The van der Waals surface area contributed by atoms with Crippen molar-refractivity contribution in [3.05, 3.63) is 57.2 Å². The molecule has 0 amide bonds. The first-order chi connectivity index (χ1) is 14.6. The fraction of sp³-hybridized carbons (Fsp3) is 0.263. The zero-order valence-electron chi connectivity index (χ0n) is 15.3. The van der Waals surface area contributed by atoms with E-state index in [4.69, 9.17) is 0 Å². The predicted molar refractivity (Wildman–Crippen MR) is 103 cm³/mol. The lowest BCUT2D eigenvalue weighted by molar-refractivity contribution is -0.348. The molecule has 0 fully saturated rings. The molecule has 3 rings (SSSR count). The Morgan fingerprint density at radius 1 is 0.844 bits per heavy atom. The molecule has 1 aliphatic heterocycles. The van der Waals surface area contributed by atoms with E-state index >= 15 is 0 Å². The number of hydrogen-bond donors (Lipinski definition) is 0. The molecular formula is C19H10F10INO. The summed E-state index contributed by atoms with van der Waals surface area (Å²) in [4.78, 5) is 1.21. The van der Waals surface area contributed by atoms with Crippen molar-refractivity contribution in [1.29, 1.82) is 0 Å². The second kappa shape index (κ2) is 7.99. The third-order valence-corrected chi connectivity index (χ3v) is 5.34. The van der Waals surface area contributed by atoms with Crippen LogP contribution >= 0.6 is 22.6 Å².